The Morgan fingerprint density at radius 2 is 1.40 bits per heavy atom. The minimum Gasteiger partial charge on any atom is -0.497 e. The van der Waals surface area contributed by atoms with Crippen molar-refractivity contribution in [2.75, 3.05) is 46.3 Å². The van der Waals surface area contributed by atoms with Gasteiger partial charge in [-0.25, -0.2) is 19.2 Å². The number of benzene rings is 2. The van der Waals surface area contributed by atoms with E-state index in [9.17, 15) is 9.59 Å². The maximum Gasteiger partial charge on any atom is 0.414 e. The Balaban J connectivity index is 0.000000649. The summed E-state index contributed by atoms with van der Waals surface area (Å²) in [6.07, 6.45) is -0.977. The molecule has 1 aliphatic heterocycles. The number of para-hydroxylation sites is 1. The van der Waals surface area contributed by atoms with E-state index in [1.165, 1.54) is 18.7 Å². The van der Waals surface area contributed by atoms with Crippen LogP contribution < -0.4 is 14.4 Å². The Hall–Kier alpha value is -4.83. The highest BCUT2D eigenvalue weighted by atomic mass is 32.2. The van der Waals surface area contributed by atoms with Crippen LogP contribution in [0, 0.1) is 0 Å². The molecule has 0 radical (unpaired) electrons. The number of ether oxygens (including phenoxy) is 3. The van der Waals surface area contributed by atoms with Gasteiger partial charge in [0.25, 0.3) is 5.91 Å². The van der Waals surface area contributed by atoms with Crippen LogP contribution in [0.25, 0.3) is 0 Å². The first-order valence-electron chi connectivity index (χ1n) is 12.2. The minimum absolute atomic E-state index is 0.270. The lowest BCUT2D eigenvalue weighted by Crippen LogP contribution is -2.45. The molecular formula is C27H32N2O13S. The maximum atomic E-state index is 13.8. The molecule has 0 spiro atoms. The van der Waals surface area contributed by atoms with Crippen molar-refractivity contribution < 1.29 is 63.4 Å². The minimum atomic E-state index is -1.82. The molecule has 0 aromatic heterocycles. The standard InChI is InChI=1S/C23H28N2O5S.2C2H2O4/c1-15(26)30-21-22(16-9-11-17(28-4)12-10-16)31-19-8-6-7-18(29-5)20(19)25(23(21)27)14-13-24(2)3;2*3-1(4)2(5)6/h6-12,21-22H,13-14H2,1-5H3;2*(H,3,4)(H,5,6)/t21-,22+;;/m0../s1. The molecule has 1 amide bonds. The first-order valence-corrected chi connectivity index (χ1v) is 13.1. The first kappa shape index (κ1) is 36.2. The van der Waals surface area contributed by atoms with Crippen molar-refractivity contribution in [3.63, 3.8) is 0 Å². The van der Waals surface area contributed by atoms with Crippen molar-refractivity contribution in [3.8, 4) is 11.5 Å². The van der Waals surface area contributed by atoms with Crippen LogP contribution >= 0.6 is 11.8 Å². The van der Waals surface area contributed by atoms with Gasteiger partial charge in [-0.3, -0.25) is 9.59 Å². The molecule has 0 fully saturated rings. The zero-order chi connectivity index (χ0) is 32.9. The van der Waals surface area contributed by atoms with Crippen LogP contribution in [0.4, 0.5) is 5.69 Å². The number of carboxylic acids is 4. The van der Waals surface area contributed by atoms with Gasteiger partial charge in [0, 0.05) is 24.9 Å². The predicted octanol–water partition coefficient (Wildman–Crippen LogP) is 1.69. The highest BCUT2D eigenvalue weighted by Crippen LogP contribution is 2.49. The first-order chi connectivity index (χ1) is 20.1. The van der Waals surface area contributed by atoms with E-state index in [0.717, 1.165) is 10.5 Å². The summed E-state index contributed by atoms with van der Waals surface area (Å²) in [5.74, 6) is -6.74. The number of fused-ring (bicyclic) bond motifs is 1. The number of methoxy groups -OCH3 is 2. The third-order valence-electron chi connectivity index (χ3n) is 5.36. The Morgan fingerprint density at radius 3 is 1.81 bits per heavy atom. The molecule has 0 saturated carbocycles. The maximum absolute atomic E-state index is 13.8. The quantitative estimate of drug-likeness (QED) is 0.254. The average molecular weight is 625 g/mol. The second kappa shape index (κ2) is 17.2. The molecule has 0 unspecified atom stereocenters. The molecule has 43 heavy (non-hydrogen) atoms. The fraction of sp³-hybridized carbons (Fsp3) is 0.333. The summed E-state index contributed by atoms with van der Waals surface area (Å²) >= 11 is 1.49. The number of amides is 1. The Labute approximate surface area is 250 Å². The SMILES string of the molecule is COc1ccc([C@H]2Sc3cccc(OC)c3N(CCN(C)C)C(=O)[C@H]2OC(C)=O)cc1.O=C(O)C(=O)O.O=C(O)C(=O)O. The third kappa shape index (κ3) is 11.2. The normalized spacial score (nSPS) is 15.3. The van der Waals surface area contributed by atoms with Crippen molar-refractivity contribution in [1.29, 1.82) is 0 Å². The number of thioether (sulfide) groups is 1. The van der Waals surface area contributed by atoms with Crippen LogP contribution in [-0.2, 0) is 33.5 Å². The van der Waals surface area contributed by atoms with E-state index in [2.05, 4.69) is 0 Å². The number of nitrogens with zero attached hydrogens (tertiary/aromatic N) is 2. The summed E-state index contributed by atoms with van der Waals surface area (Å²) in [6.45, 7) is 2.41. The Morgan fingerprint density at radius 1 is 0.860 bits per heavy atom. The summed E-state index contributed by atoms with van der Waals surface area (Å²) in [6, 6.07) is 13.2. The van der Waals surface area contributed by atoms with Gasteiger partial charge < -0.3 is 44.4 Å². The summed E-state index contributed by atoms with van der Waals surface area (Å²) in [5.41, 5.74) is 1.57. The summed E-state index contributed by atoms with van der Waals surface area (Å²) < 4.78 is 16.5. The van der Waals surface area contributed by atoms with Crippen LogP contribution in [-0.4, -0.2) is 109 Å². The highest BCUT2D eigenvalue weighted by Gasteiger charge is 2.41. The van der Waals surface area contributed by atoms with Gasteiger partial charge in [0.15, 0.2) is 6.10 Å². The van der Waals surface area contributed by atoms with E-state index in [-0.39, 0.29) is 5.91 Å². The van der Waals surface area contributed by atoms with Crippen LogP contribution in [0.1, 0.15) is 17.7 Å². The van der Waals surface area contributed by atoms with Gasteiger partial charge in [-0.15, -0.1) is 11.8 Å². The van der Waals surface area contributed by atoms with Crippen molar-refractivity contribution in [2.24, 2.45) is 0 Å². The smallest absolute Gasteiger partial charge is 0.414 e. The predicted molar refractivity (Wildman–Crippen MR) is 152 cm³/mol. The van der Waals surface area contributed by atoms with Gasteiger partial charge in [0.05, 0.1) is 25.2 Å². The van der Waals surface area contributed by atoms with Gasteiger partial charge >= 0.3 is 29.8 Å². The number of rotatable bonds is 7. The fourth-order valence-electron chi connectivity index (χ4n) is 3.47. The van der Waals surface area contributed by atoms with E-state index < -0.39 is 41.2 Å². The van der Waals surface area contributed by atoms with Gasteiger partial charge in [-0.1, -0.05) is 18.2 Å². The van der Waals surface area contributed by atoms with Crippen molar-refractivity contribution >= 4 is 53.2 Å². The molecule has 0 aliphatic carbocycles. The number of carbonyl (C=O) groups excluding carboxylic acids is 2. The molecule has 2 aromatic carbocycles. The van der Waals surface area contributed by atoms with Gasteiger partial charge in [0.1, 0.15) is 11.5 Å². The van der Waals surface area contributed by atoms with E-state index in [0.29, 0.717) is 30.3 Å². The Bertz CT molecular complexity index is 1270. The fourth-order valence-corrected chi connectivity index (χ4v) is 4.81. The van der Waals surface area contributed by atoms with Crippen molar-refractivity contribution in [3.05, 3.63) is 48.0 Å². The second-order valence-electron chi connectivity index (χ2n) is 8.66. The number of carboxylic acid groups (broad SMARTS) is 4. The molecule has 15 nitrogen and oxygen atoms in total. The van der Waals surface area contributed by atoms with Crippen LogP contribution in [0.2, 0.25) is 0 Å². The van der Waals surface area contributed by atoms with E-state index in [4.69, 9.17) is 53.8 Å². The lowest BCUT2D eigenvalue weighted by atomic mass is 10.1. The summed E-state index contributed by atoms with van der Waals surface area (Å²) in [7, 11) is 7.09. The molecule has 234 valence electrons. The van der Waals surface area contributed by atoms with E-state index in [1.54, 1.807) is 19.1 Å². The molecule has 1 aliphatic rings. The molecular weight excluding hydrogens is 592 g/mol. The number of aliphatic carboxylic acids is 4. The van der Waals surface area contributed by atoms with Gasteiger partial charge in [-0.05, 0) is 43.9 Å². The molecule has 3 rings (SSSR count). The number of anilines is 1. The van der Waals surface area contributed by atoms with Crippen molar-refractivity contribution in [1.82, 2.24) is 4.90 Å². The molecule has 4 N–H and O–H groups in total. The zero-order valence-electron chi connectivity index (χ0n) is 23.9. The van der Waals surface area contributed by atoms with Crippen molar-refractivity contribution in [2.45, 2.75) is 23.2 Å². The number of likely N-dealkylation sites (N-methyl/N-ethyl adjacent to an activating group) is 1. The topological polar surface area (TPSA) is 218 Å². The lowest BCUT2D eigenvalue weighted by molar-refractivity contribution is -0.159. The van der Waals surface area contributed by atoms with Crippen LogP contribution in [0.5, 0.6) is 11.5 Å². The molecule has 16 heteroatoms. The summed E-state index contributed by atoms with van der Waals surface area (Å²) in [4.78, 5) is 66.7. The monoisotopic (exact) mass is 624 g/mol. The molecule has 2 aromatic rings. The largest absolute Gasteiger partial charge is 0.497 e. The number of hydrogen-bond acceptors (Lipinski definition) is 11. The number of esters is 1. The molecule has 0 saturated heterocycles. The van der Waals surface area contributed by atoms with E-state index in [1.807, 2.05) is 61.5 Å². The number of carbonyl (C=O) groups is 6. The van der Waals surface area contributed by atoms with Gasteiger partial charge in [-0.2, -0.15) is 0 Å². The lowest BCUT2D eigenvalue weighted by Gasteiger charge is -2.29. The Kier molecular flexibility index (Phi) is 14.5. The summed E-state index contributed by atoms with van der Waals surface area (Å²) in [5, 5.41) is 29.1. The highest BCUT2D eigenvalue weighted by molar-refractivity contribution is 7.99. The second-order valence-corrected chi connectivity index (χ2v) is 9.85. The van der Waals surface area contributed by atoms with E-state index >= 15 is 0 Å². The number of hydrogen-bond donors (Lipinski definition) is 4. The molecule has 1 heterocycles. The molecule has 0 bridgehead atoms. The van der Waals surface area contributed by atoms with Crippen LogP contribution in [0.3, 0.4) is 0 Å². The van der Waals surface area contributed by atoms with Gasteiger partial charge in [0.2, 0.25) is 0 Å². The third-order valence-corrected chi connectivity index (χ3v) is 6.72. The zero-order valence-corrected chi connectivity index (χ0v) is 24.7. The average Bonchev–Trinajstić information content (AvgIpc) is 3.06. The molecule has 2 atom stereocenters. The van der Waals surface area contributed by atoms with Crippen LogP contribution in [0.15, 0.2) is 47.4 Å².